The minimum absolute atomic E-state index is 0. The molecule has 134 valence electrons. The Morgan fingerprint density at radius 1 is 1.20 bits per heavy atom. The molecule has 1 aliphatic heterocycles. The molecule has 1 atom stereocenters. The van der Waals surface area contributed by atoms with Crippen molar-refractivity contribution in [3.8, 4) is 5.75 Å². The van der Waals surface area contributed by atoms with Gasteiger partial charge in [-0.3, -0.25) is 4.79 Å². The molecular weight excluding hydrogens is 343 g/mol. The van der Waals surface area contributed by atoms with E-state index in [1.807, 2.05) is 12.1 Å². The van der Waals surface area contributed by atoms with Crippen LogP contribution in [0.4, 0.5) is 4.39 Å². The lowest BCUT2D eigenvalue weighted by Crippen LogP contribution is -2.45. The van der Waals surface area contributed by atoms with Gasteiger partial charge < -0.3 is 15.4 Å². The van der Waals surface area contributed by atoms with Gasteiger partial charge in [-0.2, -0.15) is 0 Å². The molecule has 25 heavy (non-hydrogen) atoms. The Hall–Kier alpha value is -2.11. The summed E-state index contributed by atoms with van der Waals surface area (Å²) >= 11 is 0. The fourth-order valence-corrected chi connectivity index (χ4v) is 2.88. The molecule has 0 bridgehead atoms. The third kappa shape index (κ3) is 4.94. The predicted molar refractivity (Wildman–Crippen MR) is 97.5 cm³/mol. The predicted octanol–water partition coefficient (Wildman–Crippen LogP) is 3.39. The average Bonchev–Trinajstić information content (AvgIpc) is 2.61. The highest BCUT2D eigenvalue weighted by atomic mass is 35.5. The van der Waals surface area contributed by atoms with Crippen molar-refractivity contribution in [2.75, 3.05) is 13.1 Å². The number of carbonyl (C=O) groups is 1. The van der Waals surface area contributed by atoms with Crippen LogP contribution in [-0.2, 0) is 6.61 Å². The molecule has 6 heteroatoms. The number of ether oxygens (including phenoxy) is 1. The minimum Gasteiger partial charge on any atom is -0.488 e. The van der Waals surface area contributed by atoms with Crippen LogP contribution in [0.25, 0.3) is 0 Å². The summed E-state index contributed by atoms with van der Waals surface area (Å²) in [5.74, 6) is 0.196. The minimum atomic E-state index is -0.282. The van der Waals surface area contributed by atoms with Crippen LogP contribution < -0.4 is 10.5 Å². The van der Waals surface area contributed by atoms with E-state index in [4.69, 9.17) is 10.5 Å². The quantitative estimate of drug-likeness (QED) is 0.904. The van der Waals surface area contributed by atoms with Gasteiger partial charge in [0.15, 0.2) is 0 Å². The van der Waals surface area contributed by atoms with E-state index in [9.17, 15) is 9.18 Å². The Bertz CT molecular complexity index is 709. The lowest BCUT2D eigenvalue weighted by atomic mass is 10.0. The van der Waals surface area contributed by atoms with Gasteiger partial charge in [0.1, 0.15) is 18.2 Å². The zero-order chi connectivity index (χ0) is 16.9. The molecule has 0 aromatic heterocycles. The highest BCUT2D eigenvalue weighted by Crippen LogP contribution is 2.23. The zero-order valence-electron chi connectivity index (χ0n) is 13.9. The van der Waals surface area contributed by atoms with Gasteiger partial charge in [0.2, 0.25) is 0 Å². The van der Waals surface area contributed by atoms with Crippen LogP contribution >= 0.6 is 12.4 Å². The van der Waals surface area contributed by atoms with Gasteiger partial charge in [-0.25, -0.2) is 4.39 Å². The van der Waals surface area contributed by atoms with Crippen molar-refractivity contribution >= 4 is 18.3 Å². The second-order valence-corrected chi connectivity index (χ2v) is 6.06. The Morgan fingerprint density at radius 2 is 1.92 bits per heavy atom. The van der Waals surface area contributed by atoms with Crippen LogP contribution in [0.3, 0.4) is 0 Å². The van der Waals surface area contributed by atoms with Crippen molar-refractivity contribution in [2.45, 2.75) is 25.5 Å². The highest BCUT2D eigenvalue weighted by Gasteiger charge is 2.24. The summed E-state index contributed by atoms with van der Waals surface area (Å²) in [5.41, 5.74) is 7.35. The van der Waals surface area contributed by atoms with Crippen LogP contribution in [0, 0.1) is 5.82 Å². The van der Waals surface area contributed by atoms with E-state index in [-0.39, 0.29) is 36.8 Å². The molecule has 0 spiro atoms. The number of nitrogens with two attached hydrogens (primary N) is 1. The molecular formula is C19H22ClFN2O2. The third-order valence-corrected chi connectivity index (χ3v) is 4.17. The summed E-state index contributed by atoms with van der Waals surface area (Å²) < 4.78 is 18.8. The summed E-state index contributed by atoms with van der Waals surface area (Å²) in [4.78, 5) is 14.5. The number of halogens is 2. The van der Waals surface area contributed by atoms with Gasteiger partial charge in [-0.1, -0.05) is 24.3 Å². The fraction of sp³-hybridized carbons (Fsp3) is 0.316. The van der Waals surface area contributed by atoms with Crippen LogP contribution in [0.2, 0.25) is 0 Å². The molecule has 1 unspecified atom stereocenters. The number of piperidine rings is 1. The molecule has 2 aromatic carbocycles. The topological polar surface area (TPSA) is 55.6 Å². The molecule has 1 heterocycles. The smallest absolute Gasteiger partial charge is 0.257 e. The Kier molecular flexibility index (Phi) is 6.79. The van der Waals surface area contributed by atoms with E-state index < -0.39 is 0 Å². The molecule has 4 nitrogen and oxygen atoms in total. The first-order valence-corrected chi connectivity index (χ1v) is 8.14. The fourth-order valence-electron chi connectivity index (χ4n) is 2.88. The van der Waals surface area contributed by atoms with E-state index in [0.717, 1.165) is 24.9 Å². The van der Waals surface area contributed by atoms with Gasteiger partial charge in [0.05, 0.1) is 5.56 Å². The number of amides is 1. The Morgan fingerprint density at radius 3 is 2.64 bits per heavy atom. The standard InChI is InChI=1S/C19H21FN2O2.ClH/c20-15-9-7-14(8-10-15)13-24-18-6-2-1-5-17(18)19(23)22-11-3-4-16(21)12-22;/h1-2,5-10,16H,3-4,11-13,21H2;1H. The van der Waals surface area contributed by atoms with E-state index in [2.05, 4.69) is 0 Å². The number of hydrogen-bond donors (Lipinski definition) is 1. The normalized spacial score (nSPS) is 16.9. The summed E-state index contributed by atoms with van der Waals surface area (Å²) in [6.45, 7) is 1.58. The SMILES string of the molecule is Cl.NC1CCCN(C(=O)c2ccccc2OCc2ccc(F)cc2)C1. The average molecular weight is 365 g/mol. The Labute approximate surface area is 153 Å². The molecule has 0 radical (unpaired) electrons. The Balaban J connectivity index is 0.00000225. The van der Waals surface area contributed by atoms with Gasteiger partial charge in [-0.05, 0) is 42.7 Å². The molecule has 0 aliphatic carbocycles. The molecule has 0 saturated carbocycles. The number of rotatable bonds is 4. The van der Waals surface area contributed by atoms with Gasteiger partial charge in [0, 0.05) is 19.1 Å². The lowest BCUT2D eigenvalue weighted by Gasteiger charge is -2.31. The van der Waals surface area contributed by atoms with Crippen molar-refractivity contribution in [1.29, 1.82) is 0 Å². The summed E-state index contributed by atoms with van der Waals surface area (Å²) in [6, 6.07) is 13.4. The van der Waals surface area contributed by atoms with E-state index in [0.29, 0.717) is 17.9 Å². The summed E-state index contributed by atoms with van der Waals surface area (Å²) in [6.07, 6.45) is 1.87. The van der Waals surface area contributed by atoms with Crippen molar-refractivity contribution in [2.24, 2.45) is 5.73 Å². The molecule has 1 fully saturated rings. The van der Waals surface area contributed by atoms with Crippen molar-refractivity contribution < 1.29 is 13.9 Å². The summed E-state index contributed by atoms with van der Waals surface area (Å²) in [7, 11) is 0. The number of likely N-dealkylation sites (tertiary alicyclic amines) is 1. The van der Waals surface area contributed by atoms with Gasteiger partial charge in [-0.15, -0.1) is 12.4 Å². The van der Waals surface area contributed by atoms with E-state index in [1.165, 1.54) is 12.1 Å². The van der Waals surface area contributed by atoms with Crippen molar-refractivity contribution in [3.05, 3.63) is 65.5 Å². The third-order valence-electron chi connectivity index (χ3n) is 4.17. The second kappa shape index (κ2) is 8.83. The van der Waals surface area contributed by atoms with Gasteiger partial charge >= 0.3 is 0 Å². The first kappa shape index (κ1) is 19.2. The first-order chi connectivity index (χ1) is 11.6. The van der Waals surface area contributed by atoms with Crippen molar-refractivity contribution in [1.82, 2.24) is 4.90 Å². The molecule has 1 amide bonds. The van der Waals surface area contributed by atoms with E-state index in [1.54, 1.807) is 29.2 Å². The molecule has 3 rings (SSSR count). The van der Waals surface area contributed by atoms with E-state index >= 15 is 0 Å². The molecule has 1 saturated heterocycles. The van der Waals surface area contributed by atoms with Crippen LogP contribution in [0.5, 0.6) is 5.75 Å². The maximum Gasteiger partial charge on any atom is 0.257 e. The lowest BCUT2D eigenvalue weighted by molar-refractivity contribution is 0.0704. The molecule has 2 N–H and O–H groups in total. The van der Waals surface area contributed by atoms with Crippen LogP contribution in [0.1, 0.15) is 28.8 Å². The number of hydrogen-bond acceptors (Lipinski definition) is 3. The largest absolute Gasteiger partial charge is 0.488 e. The van der Waals surface area contributed by atoms with Gasteiger partial charge in [0.25, 0.3) is 5.91 Å². The number of carbonyl (C=O) groups excluding carboxylic acids is 1. The second-order valence-electron chi connectivity index (χ2n) is 6.06. The highest BCUT2D eigenvalue weighted by molar-refractivity contribution is 5.97. The van der Waals surface area contributed by atoms with Crippen LogP contribution in [-0.4, -0.2) is 29.9 Å². The van der Waals surface area contributed by atoms with Crippen molar-refractivity contribution in [3.63, 3.8) is 0 Å². The number of nitrogens with zero attached hydrogens (tertiary/aromatic N) is 1. The molecule has 2 aromatic rings. The number of para-hydroxylation sites is 1. The molecule has 1 aliphatic rings. The zero-order valence-corrected chi connectivity index (χ0v) is 14.7. The number of benzene rings is 2. The van der Waals surface area contributed by atoms with Crippen LogP contribution in [0.15, 0.2) is 48.5 Å². The monoisotopic (exact) mass is 364 g/mol. The maximum absolute atomic E-state index is 13.0. The maximum atomic E-state index is 13.0. The first-order valence-electron chi connectivity index (χ1n) is 8.14. The summed E-state index contributed by atoms with van der Waals surface area (Å²) in [5, 5.41) is 0.